The minimum atomic E-state index is -0.270. The van der Waals surface area contributed by atoms with Gasteiger partial charge < -0.3 is 15.1 Å². The number of amides is 3. The molecule has 1 N–H and O–H groups in total. The van der Waals surface area contributed by atoms with Crippen LogP contribution in [0.3, 0.4) is 0 Å². The second-order valence-corrected chi connectivity index (χ2v) is 8.81. The summed E-state index contributed by atoms with van der Waals surface area (Å²) in [6.07, 6.45) is 0. The predicted octanol–water partition coefficient (Wildman–Crippen LogP) is 5.53. The Morgan fingerprint density at radius 2 is 1.65 bits per heavy atom. The van der Waals surface area contributed by atoms with Crippen LogP contribution in [-0.2, 0) is 17.9 Å². The lowest BCUT2D eigenvalue weighted by molar-refractivity contribution is -0.133. The summed E-state index contributed by atoms with van der Waals surface area (Å²) in [6.45, 7) is 6.84. The lowest BCUT2D eigenvalue weighted by Gasteiger charge is -2.30. The number of hydrogen-bond donors (Lipinski definition) is 1. The van der Waals surface area contributed by atoms with Gasteiger partial charge in [-0.25, -0.2) is 4.79 Å². The highest BCUT2D eigenvalue weighted by Crippen LogP contribution is 2.17. The van der Waals surface area contributed by atoms with Crippen LogP contribution in [0, 0.1) is 6.92 Å². The number of anilines is 1. The summed E-state index contributed by atoms with van der Waals surface area (Å²) < 4.78 is 0. The zero-order valence-corrected chi connectivity index (χ0v) is 19.1. The van der Waals surface area contributed by atoms with E-state index in [0.717, 1.165) is 21.7 Å². The Morgan fingerprint density at radius 3 is 2.29 bits per heavy atom. The molecular formula is C25H29N3O2S. The molecule has 0 aliphatic heterocycles. The van der Waals surface area contributed by atoms with Gasteiger partial charge in [0.2, 0.25) is 5.91 Å². The summed E-state index contributed by atoms with van der Waals surface area (Å²) in [5, 5.41) is 4.96. The van der Waals surface area contributed by atoms with E-state index in [1.165, 1.54) is 0 Å². The van der Waals surface area contributed by atoms with E-state index in [1.807, 2.05) is 97.8 Å². The van der Waals surface area contributed by atoms with Crippen molar-refractivity contribution in [3.05, 3.63) is 88.1 Å². The number of hydrogen-bond acceptors (Lipinski definition) is 3. The molecule has 0 aliphatic rings. The van der Waals surface area contributed by atoms with Crippen molar-refractivity contribution in [3.63, 3.8) is 0 Å². The van der Waals surface area contributed by atoms with E-state index >= 15 is 0 Å². The van der Waals surface area contributed by atoms with Crippen molar-refractivity contribution < 1.29 is 9.59 Å². The molecular weight excluding hydrogens is 406 g/mol. The monoisotopic (exact) mass is 435 g/mol. The maximum absolute atomic E-state index is 13.3. The van der Waals surface area contributed by atoms with Crippen molar-refractivity contribution in [1.29, 1.82) is 0 Å². The van der Waals surface area contributed by atoms with Crippen LogP contribution in [0.2, 0.25) is 0 Å². The standard InChI is InChI=1S/C25H29N3O2S/c1-19(2)28(25(30)26-23-14-8-7-10-20(23)3)18-24(29)27(17-22-13-9-15-31-22)16-21-11-5-4-6-12-21/h4-15,19H,16-18H2,1-3H3,(H,26,30). The van der Waals surface area contributed by atoms with Crippen LogP contribution in [0.1, 0.15) is 29.9 Å². The van der Waals surface area contributed by atoms with Crippen molar-refractivity contribution in [3.8, 4) is 0 Å². The number of carbonyl (C=O) groups excluding carboxylic acids is 2. The molecule has 0 unspecified atom stereocenters. The van der Waals surface area contributed by atoms with E-state index in [1.54, 1.807) is 16.2 Å². The Morgan fingerprint density at radius 1 is 0.935 bits per heavy atom. The zero-order valence-electron chi connectivity index (χ0n) is 18.2. The zero-order chi connectivity index (χ0) is 22.2. The first-order chi connectivity index (χ1) is 14.9. The molecule has 3 aromatic rings. The second kappa shape index (κ2) is 10.8. The molecule has 2 aromatic carbocycles. The molecule has 0 radical (unpaired) electrons. The molecule has 0 saturated carbocycles. The van der Waals surface area contributed by atoms with Crippen LogP contribution < -0.4 is 5.32 Å². The van der Waals surface area contributed by atoms with Gasteiger partial charge in [-0.05, 0) is 49.4 Å². The lowest BCUT2D eigenvalue weighted by Crippen LogP contribution is -2.47. The molecule has 0 saturated heterocycles. The summed E-state index contributed by atoms with van der Waals surface area (Å²) in [4.78, 5) is 30.8. The third-order valence-electron chi connectivity index (χ3n) is 5.07. The van der Waals surface area contributed by atoms with Crippen LogP contribution in [-0.4, -0.2) is 34.3 Å². The number of aryl methyl sites for hydroxylation is 1. The molecule has 0 aliphatic carbocycles. The topological polar surface area (TPSA) is 52.7 Å². The Balaban J connectivity index is 1.74. The Bertz CT molecular complexity index is 987. The third-order valence-corrected chi connectivity index (χ3v) is 5.93. The van der Waals surface area contributed by atoms with Crippen LogP contribution in [0.5, 0.6) is 0 Å². The largest absolute Gasteiger partial charge is 0.332 e. The molecule has 1 heterocycles. The van der Waals surface area contributed by atoms with Gasteiger partial charge in [0, 0.05) is 23.2 Å². The fourth-order valence-electron chi connectivity index (χ4n) is 3.26. The van der Waals surface area contributed by atoms with Gasteiger partial charge in [-0.3, -0.25) is 4.79 Å². The van der Waals surface area contributed by atoms with E-state index in [9.17, 15) is 9.59 Å². The first-order valence-corrected chi connectivity index (χ1v) is 11.3. The maximum Gasteiger partial charge on any atom is 0.322 e. The van der Waals surface area contributed by atoms with Gasteiger partial charge >= 0.3 is 6.03 Å². The maximum atomic E-state index is 13.3. The number of urea groups is 1. The first-order valence-electron chi connectivity index (χ1n) is 10.4. The molecule has 0 fully saturated rings. The summed E-state index contributed by atoms with van der Waals surface area (Å²) in [6, 6.07) is 21.2. The molecule has 0 atom stereocenters. The van der Waals surface area contributed by atoms with E-state index in [0.29, 0.717) is 13.1 Å². The quantitative estimate of drug-likeness (QED) is 0.506. The number of rotatable bonds is 8. The number of thiophene rings is 1. The van der Waals surface area contributed by atoms with E-state index < -0.39 is 0 Å². The van der Waals surface area contributed by atoms with E-state index in [4.69, 9.17) is 0 Å². The fourth-order valence-corrected chi connectivity index (χ4v) is 3.98. The van der Waals surface area contributed by atoms with Crippen LogP contribution in [0.15, 0.2) is 72.1 Å². The number of nitrogens with one attached hydrogen (secondary N) is 1. The van der Waals surface area contributed by atoms with Crippen molar-refractivity contribution in [2.75, 3.05) is 11.9 Å². The summed E-state index contributed by atoms with van der Waals surface area (Å²) in [5.41, 5.74) is 2.80. The molecule has 1 aromatic heterocycles. The second-order valence-electron chi connectivity index (χ2n) is 7.78. The lowest BCUT2D eigenvalue weighted by atomic mass is 10.2. The summed E-state index contributed by atoms with van der Waals surface area (Å²) in [5.74, 6) is -0.0779. The number of benzene rings is 2. The average molecular weight is 436 g/mol. The third kappa shape index (κ3) is 6.43. The highest BCUT2D eigenvalue weighted by Gasteiger charge is 2.24. The molecule has 5 nitrogen and oxygen atoms in total. The van der Waals surface area contributed by atoms with Gasteiger partial charge in [-0.15, -0.1) is 11.3 Å². The molecule has 0 spiro atoms. The van der Waals surface area contributed by atoms with Gasteiger partial charge in [-0.2, -0.15) is 0 Å². The summed E-state index contributed by atoms with van der Waals surface area (Å²) in [7, 11) is 0. The molecule has 0 bridgehead atoms. The van der Waals surface area contributed by atoms with Crippen LogP contribution in [0.4, 0.5) is 10.5 Å². The van der Waals surface area contributed by atoms with Gasteiger partial charge in [0.25, 0.3) is 0 Å². The number of nitrogens with zero attached hydrogens (tertiary/aromatic N) is 2. The van der Waals surface area contributed by atoms with Gasteiger partial charge in [0.15, 0.2) is 0 Å². The minimum Gasteiger partial charge on any atom is -0.332 e. The Labute approximate surface area is 188 Å². The average Bonchev–Trinajstić information content (AvgIpc) is 3.26. The summed E-state index contributed by atoms with van der Waals surface area (Å²) >= 11 is 1.63. The normalized spacial score (nSPS) is 10.7. The molecule has 6 heteroatoms. The van der Waals surface area contributed by atoms with Crippen molar-refractivity contribution in [1.82, 2.24) is 9.80 Å². The van der Waals surface area contributed by atoms with Crippen LogP contribution in [0.25, 0.3) is 0 Å². The van der Waals surface area contributed by atoms with E-state index in [-0.39, 0.29) is 24.5 Å². The Hall–Kier alpha value is -3.12. The first kappa shape index (κ1) is 22.6. The predicted molar refractivity (Wildman–Crippen MR) is 127 cm³/mol. The van der Waals surface area contributed by atoms with Crippen molar-refractivity contribution >= 4 is 29.0 Å². The SMILES string of the molecule is Cc1ccccc1NC(=O)N(CC(=O)N(Cc1ccccc1)Cc1cccs1)C(C)C. The molecule has 162 valence electrons. The van der Waals surface area contributed by atoms with Gasteiger partial charge in [0.1, 0.15) is 6.54 Å². The minimum absolute atomic E-state index is 0.0214. The highest BCUT2D eigenvalue weighted by atomic mass is 32.1. The highest BCUT2D eigenvalue weighted by molar-refractivity contribution is 7.09. The van der Waals surface area contributed by atoms with Crippen molar-refractivity contribution in [2.24, 2.45) is 0 Å². The van der Waals surface area contributed by atoms with Gasteiger partial charge in [0.05, 0.1) is 6.54 Å². The van der Waals surface area contributed by atoms with Crippen molar-refractivity contribution in [2.45, 2.75) is 39.9 Å². The number of para-hydroxylation sites is 1. The number of carbonyl (C=O) groups is 2. The van der Waals surface area contributed by atoms with E-state index in [2.05, 4.69) is 5.32 Å². The fraction of sp³-hybridized carbons (Fsp3) is 0.280. The smallest absolute Gasteiger partial charge is 0.322 e. The Kier molecular flexibility index (Phi) is 7.84. The van der Waals surface area contributed by atoms with Gasteiger partial charge in [-0.1, -0.05) is 54.6 Å². The molecule has 3 amide bonds. The van der Waals surface area contributed by atoms with Crippen LogP contribution >= 0.6 is 11.3 Å². The molecule has 31 heavy (non-hydrogen) atoms. The molecule has 3 rings (SSSR count).